The minimum Gasteiger partial charge on any atom is -0.506 e. The summed E-state index contributed by atoms with van der Waals surface area (Å²) < 4.78 is 6.35. The SMILES string of the molecule is COc1ccc([N+](=O)[O-])cc1C(=O)N/N=C/c1cc(I)c(O)c(I)c1. The van der Waals surface area contributed by atoms with Gasteiger partial charge in [0.1, 0.15) is 11.5 Å². The lowest BCUT2D eigenvalue weighted by Crippen LogP contribution is -2.18. The molecular weight excluding hydrogens is 556 g/mol. The van der Waals surface area contributed by atoms with Gasteiger partial charge in [-0.25, -0.2) is 5.43 Å². The molecule has 2 aromatic rings. The molecule has 0 aromatic heterocycles. The fourth-order valence-electron chi connectivity index (χ4n) is 1.87. The van der Waals surface area contributed by atoms with Gasteiger partial charge in [-0.05, 0) is 68.9 Å². The van der Waals surface area contributed by atoms with Gasteiger partial charge in [-0.3, -0.25) is 14.9 Å². The number of aromatic hydroxyl groups is 1. The molecule has 130 valence electrons. The Morgan fingerprint density at radius 3 is 2.52 bits per heavy atom. The van der Waals surface area contributed by atoms with Gasteiger partial charge in [0, 0.05) is 12.1 Å². The average molecular weight is 567 g/mol. The van der Waals surface area contributed by atoms with Crippen molar-refractivity contribution in [3.8, 4) is 11.5 Å². The molecule has 10 heteroatoms. The first-order valence-electron chi connectivity index (χ1n) is 6.67. The van der Waals surface area contributed by atoms with Gasteiger partial charge >= 0.3 is 0 Å². The smallest absolute Gasteiger partial charge is 0.275 e. The Bertz CT molecular complexity index is 847. The molecule has 0 atom stereocenters. The molecule has 0 heterocycles. The van der Waals surface area contributed by atoms with E-state index < -0.39 is 10.8 Å². The van der Waals surface area contributed by atoms with Gasteiger partial charge in [0.15, 0.2) is 0 Å². The number of hydrazone groups is 1. The molecule has 0 aliphatic rings. The summed E-state index contributed by atoms with van der Waals surface area (Å²) in [4.78, 5) is 22.5. The molecule has 0 radical (unpaired) electrons. The Hall–Kier alpha value is -1.96. The van der Waals surface area contributed by atoms with E-state index in [9.17, 15) is 20.0 Å². The van der Waals surface area contributed by atoms with Crippen molar-refractivity contribution in [1.29, 1.82) is 0 Å². The number of methoxy groups -OCH3 is 1. The number of benzene rings is 2. The number of nitro groups is 1. The number of non-ortho nitro benzene ring substituents is 1. The number of rotatable bonds is 5. The summed E-state index contributed by atoms with van der Waals surface area (Å²) >= 11 is 3.97. The highest BCUT2D eigenvalue weighted by Crippen LogP contribution is 2.27. The van der Waals surface area contributed by atoms with Crippen LogP contribution in [0.25, 0.3) is 0 Å². The molecule has 1 amide bonds. The fourth-order valence-corrected chi connectivity index (χ4v) is 3.69. The van der Waals surface area contributed by atoms with E-state index in [-0.39, 0.29) is 22.7 Å². The molecular formula is C15H11I2N3O5. The molecule has 2 N–H and O–H groups in total. The van der Waals surface area contributed by atoms with Crippen molar-refractivity contribution in [3.63, 3.8) is 0 Å². The van der Waals surface area contributed by atoms with Crippen LogP contribution in [-0.4, -0.2) is 29.3 Å². The Morgan fingerprint density at radius 1 is 1.32 bits per heavy atom. The van der Waals surface area contributed by atoms with Crippen LogP contribution in [0.3, 0.4) is 0 Å². The number of carbonyl (C=O) groups excluding carboxylic acids is 1. The summed E-state index contributed by atoms with van der Waals surface area (Å²) in [5, 5.41) is 24.4. The second kappa shape index (κ2) is 8.42. The number of halogens is 2. The van der Waals surface area contributed by atoms with E-state index in [1.54, 1.807) is 12.1 Å². The molecule has 0 saturated heterocycles. The summed E-state index contributed by atoms with van der Waals surface area (Å²) in [7, 11) is 1.36. The standard InChI is InChI=1S/C15H11I2N3O5/c1-25-13-3-2-9(20(23)24)6-10(13)15(22)19-18-7-8-4-11(16)14(21)12(17)5-8/h2-7,21H,1H3,(H,19,22)/b18-7+. The number of hydrogen-bond acceptors (Lipinski definition) is 6. The van der Waals surface area contributed by atoms with E-state index in [4.69, 9.17) is 4.74 Å². The van der Waals surface area contributed by atoms with Crippen molar-refractivity contribution in [3.05, 3.63) is 58.7 Å². The van der Waals surface area contributed by atoms with Crippen molar-refractivity contribution >= 4 is 63.0 Å². The van der Waals surface area contributed by atoms with E-state index in [0.717, 1.165) is 6.07 Å². The fraction of sp³-hybridized carbons (Fsp3) is 0.0667. The molecule has 0 aliphatic heterocycles. The molecule has 0 spiro atoms. The van der Waals surface area contributed by atoms with E-state index in [1.807, 2.05) is 45.2 Å². The highest BCUT2D eigenvalue weighted by atomic mass is 127. The predicted molar refractivity (Wildman–Crippen MR) is 108 cm³/mol. The van der Waals surface area contributed by atoms with Gasteiger partial charge in [0.2, 0.25) is 0 Å². The Kier molecular flexibility index (Phi) is 6.52. The Balaban J connectivity index is 2.20. The zero-order chi connectivity index (χ0) is 18.6. The van der Waals surface area contributed by atoms with Crippen LogP contribution in [0.2, 0.25) is 0 Å². The zero-order valence-electron chi connectivity index (χ0n) is 12.7. The lowest BCUT2D eigenvalue weighted by atomic mass is 10.1. The van der Waals surface area contributed by atoms with Crippen molar-refractivity contribution < 1.29 is 19.6 Å². The Morgan fingerprint density at radius 2 is 1.96 bits per heavy atom. The van der Waals surface area contributed by atoms with Crippen LogP contribution < -0.4 is 10.2 Å². The number of hydrogen-bond donors (Lipinski definition) is 2. The molecule has 25 heavy (non-hydrogen) atoms. The van der Waals surface area contributed by atoms with E-state index >= 15 is 0 Å². The molecule has 0 bridgehead atoms. The lowest BCUT2D eigenvalue weighted by Gasteiger charge is -2.06. The maximum absolute atomic E-state index is 12.2. The van der Waals surface area contributed by atoms with Crippen LogP contribution in [0, 0.1) is 17.3 Å². The van der Waals surface area contributed by atoms with Crippen molar-refractivity contribution in [2.75, 3.05) is 7.11 Å². The second-order valence-corrected chi connectivity index (χ2v) is 7.00. The molecule has 2 aromatic carbocycles. The first-order chi connectivity index (χ1) is 11.8. The van der Waals surface area contributed by atoms with Crippen LogP contribution in [0.5, 0.6) is 11.5 Å². The number of nitrogens with one attached hydrogen (secondary N) is 1. The van der Waals surface area contributed by atoms with E-state index in [0.29, 0.717) is 12.7 Å². The van der Waals surface area contributed by atoms with Gasteiger partial charge in [0.05, 0.1) is 31.0 Å². The average Bonchev–Trinajstić information content (AvgIpc) is 2.58. The monoisotopic (exact) mass is 567 g/mol. The summed E-state index contributed by atoms with van der Waals surface area (Å²) in [6, 6.07) is 7.11. The maximum Gasteiger partial charge on any atom is 0.275 e. The molecule has 0 unspecified atom stereocenters. The van der Waals surface area contributed by atoms with Crippen LogP contribution >= 0.6 is 45.2 Å². The Labute approximate surface area is 169 Å². The highest BCUT2D eigenvalue weighted by molar-refractivity contribution is 14.1. The summed E-state index contributed by atoms with van der Waals surface area (Å²) in [5.41, 5.74) is 2.76. The number of carbonyl (C=O) groups is 1. The minimum atomic E-state index is -0.639. The minimum absolute atomic E-state index is 0.00344. The van der Waals surface area contributed by atoms with Crippen LogP contribution in [0.15, 0.2) is 35.4 Å². The van der Waals surface area contributed by atoms with Gasteiger partial charge in [0.25, 0.3) is 11.6 Å². The van der Waals surface area contributed by atoms with E-state index in [2.05, 4.69) is 10.5 Å². The highest BCUT2D eigenvalue weighted by Gasteiger charge is 2.17. The van der Waals surface area contributed by atoms with Crippen molar-refractivity contribution in [1.82, 2.24) is 5.43 Å². The molecule has 0 saturated carbocycles. The zero-order valence-corrected chi connectivity index (χ0v) is 17.0. The largest absolute Gasteiger partial charge is 0.506 e. The molecule has 0 aliphatic carbocycles. The van der Waals surface area contributed by atoms with Gasteiger partial charge in [-0.1, -0.05) is 0 Å². The maximum atomic E-state index is 12.2. The summed E-state index contributed by atoms with van der Waals surface area (Å²) in [5.74, 6) is -0.254. The molecule has 2 rings (SSSR count). The summed E-state index contributed by atoms with van der Waals surface area (Å²) in [6.45, 7) is 0. The molecule has 8 nitrogen and oxygen atoms in total. The topological polar surface area (TPSA) is 114 Å². The number of ether oxygens (including phenoxy) is 1. The number of amides is 1. The third kappa shape index (κ3) is 4.78. The number of nitro benzene ring substituents is 1. The van der Waals surface area contributed by atoms with Gasteiger partial charge in [-0.2, -0.15) is 5.10 Å². The van der Waals surface area contributed by atoms with Gasteiger partial charge < -0.3 is 9.84 Å². The van der Waals surface area contributed by atoms with Gasteiger partial charge in [-0.15, -0.1) is 0 Å². The normalized spacial score (nSPS) is 10.7. The van der Waals surface area contributed by atoms with Crippen molar-refractivity contribution in [2.24, 2.45) is 5.10 Å². The number of phenols is 1. The summed E-state index contributed by atoms with van der Waals surface area (Å²) in [6.07, 6.45) is 1.41. The first-order valence-corrected chi connectivity index (χ1v) is 8.83. The lowest BCUT2D eigenvalue weighted by molar-refractivity contribution is -0.384. The second-order valence-electron chi connectivity index (χ2n) is 4.67. The third-order valence-corrected chi connectivity index (χ3v) is 4.70. The number of nitrogens with zero attached hydrogens (tertiary/aromatic N) is 2. The van der Waals surface area contributed by atoms with Crippen molar-refractivity contribution in [2.45, 2.75) is 0 Å². The number of phenolic OH excluding ortho intramolecular Hbond substituents is 1. The van der Waals surface area contributed by atoms with Crippen LogP contribution in [0.1, 0.15) is 15.9 Å². The van der Waals surface area contributed by atoms with E-state index in [1.165, 1.54) is 25.5 Å². The quantitative estimate of drug-likeness (QED) is 0.249. The van der Waals surface area contributed by atoms with Crippen LogP contribution in [0.4, 0.5) is 5.69 Å². The van der Waals surface area contributed by atoms with Crippen LogP contribution in [-0.2, 0) is 0 Å². The predicted octanol–water partition coefficient (Wildman–Crippen LogP) is 3.28. The molecule has 0 fully saturated rings. The first kappa shape index (κ1) is 19.4. The third-order valence-electron chi connectivity index (χ3n) is 3.06.